The first-order valence-electron chi connectivity index (χ1n) is 13.0. The molecule has 2 bridgehead atoms. The number of hydrogen-bond donors (Lipinski definition) is 0. The zero-order valence-electron chi connectivity index (χ0n) is 22.1. The van der Waals surface area contributed by atoms with Crippen molar-refractivity contribution in [2.24, 2.45) is 17.8 Å². The second-order valence-corrected chi connectivity index (χ2v) is 10.7. The van der Waals surface area contributed by atoms with Crippen molar-refractivity contribution in [2.75, 3.05) is 6.61 Å². The zero-order chi connectivity index (χ0) is 23.7. The van der Waals surface area contributed by atoms with Gasteiger partial charge < -0.3 is 4.74 Å². The minimum absolute atomic E-state index is 0.575. The van der Waals surface area contributed by atoms with Gasteiger partial charge in [-0.1, -0.05) is 78.2 Å². The minimum atomic E-state index is 0.575. The number of allylic oxidation sites excluding steroid dienone is 1. The highest BCUT2D eigenvalue weighted by Crippen LogP contribution is 2.47. The summed E-state index contributed by atoms with van der Waals surface area (Å²) in [6.45, 7) is 18.5. The van der Waals surface area contributed by atoms with Crippen LogP contribution in [0.5, 0.6) is 17.2 Å². The van der Waals surface area contributed by atoms with Crippen LogP contribution >= 0.6 is 0 Å². The average molecular weight is 445 g/mol. The van der Waals surface area contributed by atoms with Crippen molar-refractivity contribution in [2.45, 2.75) is 113 Å². The van der Waals surface area contributed by atoms with Gasteiger partial charge in [-0.05, 0) is 64.4 Å². The number of fused-ring (bicyclic) bond motifs is 2. The van der Waals surface area contributed by atoms with Crippen molar-refractivity contribution in [1.29, 1.82) is 0 Å². The fourth-order valence-electron chi connectivity index (χ4n) is 4.62. The van der Waals surface area contributed by atoms with Crippen LogP contribution in [-0.2, 0) is 0 Å². The monoisotopic (exact) mass is 444 g/mol. The molecule has 0 spiro atoms. The Morgan fingerprint density at radius 1 is 0.750 bits per heavy atom. The highest BCUT2D eigenvalue weighted by atomic mass is 17.2. The fraction of sp³-hybridized carbons (Fsp3) is 0.724. The lowest BCUT2D eigenvalue weighted by Crippen LogP contribution is -2.01. The largest absolute Gasteiger partial charge is 0.485 e. The van der Waals surface area contributed by atoms with Gasteiger partial charge in [-0.25, -0.2) is 0 Å². The van der Waals surface area contributed by atoms with Gasteiger partial charge in [-0.3, -0.25) is 9.78 Å². The van der Waals surface area contributed by atoms with Crippen molar-refractivity contribution in [1.82, 2.24) is 0 Å². The molecule has 1 aliphatic rings. The lowest BCUT2D eigenvalue weighted by molar-refractivity contribution is -0.0866. The Morgan fingerprint density at radius 3 is 1.94 bits per heavy atom. The Balaban J connectivity index is 1.62. The van der Waals surface area contributed by atoms with Crippen LogP contribution in [0.15, 0.2) is 11.6 Å². The van der Waals surface area contributed by atoms with Crippen LogP contribution in [0.2, 0.25) is 0 Å². The summed E-state index contributed by atoms with van der Waals surface area (Å²) in [6.07, 6.45) is 14.3. The molecule has 0 radical (unpaired) electrons. The molecule has 0 N–H and O–H groups in total. The maximum absolute atomic E-state index is 6.09. The summed E-state index contributed by atoms with van der Waals surface area (Å²) in [5, 5.41) is 0. The molecule has 1 aliphatic heterocycles. The third kappa shape index (κ3) is 8.05. The first kappa shape index (κ1) is 26.6. The van der Waals surface area contributed by atoms with E-state index < -0.39 is 0 Å². The topological polar surface area (TPSA) is 27.7 Å². The van der Waals surface area contributed by atoms with E-state index in [1.54, 1.807) is 0 Å². The van der Waals surface area contributed by atoms with E-state index in [0.29, 0.717) is 6.61 Å². The zero-order valence-corrected chi connectivity index (χ0v) is 22.1. The lowest BCUT2D eigenvalue weighted by atomic mass is 9.91. The van der Waals surface area contributed by atoms with Crippen LogP contribution in [-0.4, -0.2) is 6.61 Å². The molecule has 3 heteroatoms. The Hall–Kier alpha value is -1.64. The molecule has 2 rings (SSSR count). The normalized spacial score (nSPS) is 15.0. The van der Waals surface area contributed by atoms with E-state index in [-0.39, 0.29) is 0 Å². The minimum Gasteiger partial charge on any atom is -0.485 e. The highest BCUT2D eigenvalue weighted by molar-refractivity contribution is 5.63. The second kappa shape index (κ2) is 13.2. The average Bonchev–Trinajstić information content (AvgIpc) is 3.04. The number of rotatable bonds is 15. The molecule has 0 saturated heterocycles. The first-order valence-corrected chi connectivity index (χ1v) is 13.0. The standard InChI is InChI=1S/C29H48O3/c1-20(2)12-9-13-21(3)14-10-15-22(4)16-11-17-23(5)18-19-30-28-25(7)24(6)27-26(8)29(28)32-31-27/h18,20-22H,9-17,19H2,1-8H3/b23-18+. The summed E-state index contributed by atoms with van der Waals surface area (Å²) in [4.78, 5) is 10.7. The van der Waals surface area contributed by atoms with Crippen LogP contribution in [0.3, 0.4) is 0 Å². The number of benzene rings is 1. The summed E-state index contributed by atoms with van der Waals surface area (Å²) in [7, 11) is 0. The van der Waals surface area contributed by atoms with Crippen LogP contribution in [0.1, 0.15) is 109 Å². The fourth-order valence-corrected chi connectivity index (χ4v) is 4.62. The molecule has 0 aliphatic carbocycles. The van der Waals surface area contributed by atoms with Crippen LogP contribution in [0.4, 0.5) is 0 Å². The summed E-state index contributed by atoms with van der Waals surface area (Å²) < 4.78 is 6.09. The predicted octanol–water partition coefficient (Wildman–Crippen LogP) is 9.06. The van der Waals surface area contributed by atoms with Gasteiger partial charge in [0.25, 0.3) is 0 Å². The summed E-state index contributed by atoms with van der Waals surface area (Å²) >= 11 is 0. The number of hydrogen-bond acceptors (Lipinski definition) is 3. The van der Waals surface area contributed by atoms with Crippen LogP contribution in [0, 0.1) is 38.5 Å². The molecular formula is C29H48O3. The molecule has 0 fully saturated rings. The third-order valence-corrected chi connectivity index (χ3v) is 7.14. The molecule has 1 heterocycles. The maximum Gasteiger partial charge on any atom is 0.227 e. The molecule has 182 valence electrons. The van der Waals surface area contributed by atoms with Gasteiger partial charge in [0, 0.05) is 16.7 Å². The summed E-state index contributed by atoms with van der Waals surface area (Å²) in [6, 6.07) is 0. The maximum atomic E-state index is 6.09. The number of ether oxygens (including phenoxy) is 1. The predicted molar refractivity (Wildman–Crippen MR) is 136 cm³/mol. The van der Waals surface area contributed by atoms with E-state index in [1.165, 1.54) is 56.9 Å². The molecule has 2 unspecified atom stereocenters. The van der Waals surface area contributed by atoms with Gasteiger partial charge in [0.1, 0.15) is 6.61 Å². The molecule has 1 aromatic rings. The SMILES string of the molecule is C/C(=C\COc1c(C)c(C)c2c(C)c1OO2)CCCC(C)CCCC(C)CCCC(C)C. The van der Waals surface area contributed by atoms with Crippen molar-refractivity contribution < 1.29 is 14.5 Å². The van der Waals surface area contributed by atoms with Gasteiger partial charge in [0.2, 0.25) is 5.75 Å². The van der Waals surface area contributed by atoms with Gasteiger partial charge >= 0.3 is 0 Å². The van der Waals surface area contributed by atoms with Gasteiger partial charge in [0.15, 0.2) is 11.5 Å². The van der Waals surface area contributed by atoms with Crippen molar-refractivity contribution in [3.05, 3.63) is 28.3 Å². The van der Waals surface area contributed by atoms with Gasteiger partial charge in [-0.15, -0.1) is 0 Å². The summed E-state index contributed by atoms with van der Waals surface area (Å²) in [5.74, 6) is 4.96. The van der Waals surface area contributed by atoms with E-state index in [1.807, 2.05) is 6.92 Å². The van der Waals surface area contributed by atoms with Gasteiger partial charge in [-0.2, -0.15) is 0 Å². The highest BCUT2D eigenvalue weighted by Gasteiger charge is 2.28. The molecule has 2 atom stereocenters. The Morgan fingerprint density at radius 2 is 1.31 bits per heavy atom. The third-order valence-electron chi connectivity index (χ3n) is 7.14. The van der Waals surface area contributed by atoms with E-state index in [2.05, 4.69) is 54.5 Å². The van der Waals surface area contributed by atoms with Crippen molar-refractivity contribution in [3.8, 4) is 17.2 Å². The molecule has 1 aromatic carbocycles. The van der Waals surface area contributed by atoms with Crippen molar-refractivity contribution >= 4 is 0 Å². The Kier molecular flexibility index (Phi) is 10.9. The first-order chi connectivity index (χ1) is 15.2. The quantitative estimate of drug-likeness (QED) is 0.199. The van der Waals surface area contributed by atoms with E-state index in [9.17, 15) is 0 Å². The Labute approximate surface area is 197 Å². The smallest absolute Gasteiger partial charge is 0.227 e. The molecule has 0 amide bonds. The molecule has 0 aromatic heterocycles. The molecule has 3 nitrogen and oxygen atoms in total. The van der Waals surface area contributed by atoms with Gasteiger partial charge in [0.05, 0.1) is 0 Å². The molecule has 32 heavy (non-hydrogen) atoms. The Bertz CT molecular complexity index is 748. The molecule has 0 saturated carbocycles. The summed E-state index contributed by atoms with van der Waals surface area (Å²) in [5.41, 5.74) is 4.64. The molecular weight excluding hydrogens is 396 g/mol. The van der Waals surface area contributed by atoms with Crippen molar-refractivity contribution in [3.63, 3.8) is 0 Å². The lowest BCUT2D eigenvalue weighted by Gasteiger charge is -2.15. The van der Waals surface area contributed by atoms with E-state index in [0.717, 1.165) is 58.1 Å². The van der Waals surface area contributed by atoms with E-state index >= 15 is 0 Å². The van der Waals surface area contributed by atoms with Crippen LogP contribution < -0.4 is 14.5 Å². The van der Waals surface area contributed by atoms with Crippen LogP contribution in [0.25, 0.3) is 0 Å². The van der Waals surface area contributed by atoms with E-state index in [4.69, 9.17) is 14.5 Å². The second-order valence-electron chi connectivity index (χ2n) is 10.7.